The molecule has 0 aliphatic rings. The van der Waals surface area contributed by atoms with Crippen LogP contribution in [0.4, 0.5) is 8.78 Å². The molecule has 0 amide bonds. The van der Waals surface area contributed by atoms with Crippen molar-refractivity contribution in [3.8, 4) is 0 Å². The third kappa shape index (κ3) is 2.23. The topological polar surface area (TPSA) is 46.2 Å². The fraction of sp³-hybridized carbons (Fsp3) is 0.500. The van der Waals surface area contributed by atoms with E-state index in [0.29, 0.717) is 6.42 Å². The Morgan fingerprint density at radius 1 is 1.44 bits per heavy atom. The summed E-state index contributed by atoms with van der Waals surface area (Å²) in [5.74, 6) is -1.95. The number of hydrogen-bond acceptors (Lipinski definition) is 2. The van der Waals surface area contributed by atoms with Gasteiger partial charge in [0.15, 0.2) is 11.6 Å². The van der Waals surface area contributed by atoms with Crippen LogP contribution in [-0.2, 0) is 0 Å². The van der Waals surface area contributed by atoms with Gasteiger partial charge in [0.05, 0.1) is 6.10 Å². The number of benzene rings is 1. The van der Waals surface area contributed by atoms with Crippen LogP contribution < -0.4 is 5.73 Å². The highest BCUT2D eigenvalue weighted by Gasteiger charge is 2.33. The smallest absolute Gasteiger partial charge is 0.164 e. The third-order valence-corrected chi connectivity index (χ3v) is 3.21. The lowest BCUT2D eigenvalue weighted by molar-refractivity contribution is 0.0358. The second-order valence-electron chi connectivity index (χ2n) is 4.26. The van der Waals surface area contributed by atoms with E-state index in [0.717, 1.165) is 6.07 Å². The third-order valence-electron chi connectivity index (χ3n) is 3.21. The van der Waals surface area contributed by atoms with E-state index in [1.165, 1.54) is 12.1 Å². The maximum absolute atomic E-state index is 13.5. The fourth-order valence-corrected chi connectivity index (χ4v) is 1.56. The first-order chi connectivity index (χ1) is 7.46. The van der Waals surface area contributed by atoms with Gasteiger partial charge in [-0.3, -0.25) is 0 Å². The second-order valence-corrected chi connectivity index (χ2v) is 4.26. The van der Waals surface area contributed by atoms with Crippen LogP contribution >= 0.6 is 0 Å². The maximum atomic E-state index is 13.5. The molecule has 0 aliphatic carbocycles. The van der Waals surface area contributed by atoms with Crippen molar-refractivity contribution >= 4 is 0 Å². The van der Waals surface area contributed by atoms with Gasteiger partial charge >= 0.3 is 0 Å². The van der Waals surface area contributed by atoms with Crippen LogP contribution in [0.1, 0.15) is 31.9 Å². The minimum absolute atomic E-state index is 0.0326. The summed E-state index contributed by atoms with van der Waals surface area (Å²) in [6.07, 6.45) is -0.515. The molecular formula is C12H17F2NO. The molecule has 2 unspecified atom stereocenters. The molecule has 1 rings (SSSR count). The summed E-state index contributed by atoms with van der Waals surface area (Å²) < 4.78 is 26.5. The highest BCUT2D eigenvalue weighted by atomic mass is 19.2. The highest BCUT2D eigenvalue weighted by molar-refractivity contribution is 5.23. The largest absolute Gasteiger partial charge is 0.388 e. The molecule has 0 heterocycles. The van der Waals surface area contributed by atoms with E-state index < -0.39 is 23.2 Å². The van der Waals surface area contributed by atoms with Crippen molar-refractivity contribution in [3.05, 3.63) is 35.4 Å². The zero-order valence-electron chi connectivity index (χ0n) is 9.50. The summed E-state index contributed by atoms with van der Waals surface area (Å²) >= 11 is 0. The second kappa shape index (κ2) is 4.89. The Balaban J connectivity index is 3.13. The van der Waals surface area contributed by atoms with Crippen LogP contribution in [0, 0.1) is 17.0 Å². The van der Waals surface area contributed by atoms with Gasteiger partial charge < -0.3 is 10.8 Å². The standard InChI is InChI=1S/C12H17F2NO/c1-3-12(2,7-15)11(16)8-5-4-6-9(13)10(8)14/h4-6,11,16H,3,7,15H2,1-2H3. The summed E-state index contributed by atoms with van der Waals surface area (Å²) in [5.41, 5.74) is 4.89. The number of hydrogen-bond donors (Lipinski definition) is 2. The van der Waals surface area contributed by atoms with Gasteiger partial charge in [-0.15, -0.1) is 0 Å². The molecule has 0 fully saturated rings. The first-order valence-electron chi connectivity index (χ1n) is 5.28. The van der Waals surface area contributed by atoms with Gasteiger partial charge in [0, 0.05) is 17.5 Å². The molecule has 0 radical (unpaired) electrons. The van der Waals surface area contributed by atoms with Crippen molar-refractivity contribution in [1.29, 1.82) is 0 Å². The van der Waals surface area contributed by atoms with Gasteiger partial charge in [0.1, 0.15) is 0 Å². The van der Waals surface area contributed by atoms with Crippen molar-refractivity contribution in [2.45, 2.75) is 26.4 Å². The zero-order chi connectivity index (χ0) is 12.3. The van der Waals surface area contributed by atoms with Gasteiger partial charge in [-0.1, -0.05) is 26.0 Å². The molecule has 0 bridgehead atoms. The zero-order valence-corrected chi connectivity index (χ0v) is 9.50. The maximum Gasteiger partial charge on any atom is 0.164 e. The Labute approximate surface area is 94.1 Å². The molecule has 3 N–H and O–H groups in total. The Bertz CT molecular complexity index is 364. The summed E-state index contributed by atoms with van der Waals surface area (Å²) in [5, 5.41) is 10.1. The van der Waals surface area contributed by atoms with Crippen molar-refractivity contribution in [1.82, 2.24) is 0 Å². The lowest BCUT2D eigenvalue weighted by atomic mass is 9.78. The first kappa shape index (κ1) is 13.1. The summed E-state index contributed by atoms with van der Waals surface area (Å²) in [6.45, 7) is 3.82. The molecule has 90 valence electrons. The summed E-state index contributed by atoms with van der Waals surface area (Å²) in [6, 6.07) is 3.79. The van der Waals surface area contributed by atoms with Crippen LogP contribution in [0.2, 0.25) is 0 Å². The number of nitrogens with two attached hydrogens (primary N) is 1. The number of aliphatic hydroxyl groups excluding tert-OH is 1. The van der Waals surface area contributed by atoms with Crippen molar-refractivity contribution in [2.75, 3.05) is 6.54 Å². The van der Waals surface area contributed by atoms with E-state index in [1.807, 2.05) is 6.92 Å². The molecular weight excluding hydrogens is 212 g/mol. The molecule has 4 heteroatoms. The van der Waals surface area contributed by atoms with Crippen molar-refractivity contribution in [3.63, 3.8) is 0 Å². The van der Waals surface area contributed by atoms with Crippen LogP contribution in [0.15, 0.2) is 18.2 Å². The molecule has 2 nitrogen and oxygen atoms in total. The van der Waals surface area contributed by atoms with Crippen LogP contribution in [0.3, 0.4) is 0 Å². The van der Waals surface area contributed by atoms with Gasteiger partial charge in [0.2, 0.25) is 0 Å². The monoisotopic (exact) mass is 229 g/mol. The first-order valence-corrected chi connectivity index (χ1v) is 5.28. The van der Waals surface area contributed by atoms with Gasteiger partial charge in [-0.2, -0.15) is 0 Å². The van der Waals surface area contributed by atoms with Gasteiger partial charge in [-0.25, -0.2) is 8.78 Å². The predicted octanol–water partition coefficient (Wildman–Crippen LogP) is 2.37. The Kier molecular flexibility index (Phi) is 3.99. The van der Waals surface area contributed by atoms with Gasteiger partial charge in [-0.05, 0) is 12.5 Å². The SMILES string of the molecule is CCC(C)(CN)C(O)c1cccc(F)c1F. The van der Waals surface area contributed by atoms with E-state index >= 15 is 0 Å². The molecule has 0 aromatic heterocycles. The molecule has 2 atom stereocenters. The van der Waals surface area contributed by atoms with Crippen molar-refractivity contribution in [2.24, 2.45) is 11.1 Å². The highest BCUT2D eigenvalue weighted by Crippen LogP contribution is 2.37. The minimum atomic E-state index is -1.10. The molecule has 0 saturated carbocycles. The number of halogens is 2. The molecule has 16 heavy (non-hydrogen) atoms. The normalized spacial score (nSPS) is 16.9. The van der Waals surface area contributed by atoms with E-state index in [2.05, 4.69) is 0 Å². The predicted molar refractivity (Wildman–Crippen MR) is 58.8 cm³/mol. The van der Waals surface area contributed by atoms with Crippen molar-refractivity contribution < 1.29 is 13.9 Å². The van der Waals surface area contributed by atoms with Crippen LogP contribution in [-0.4, -0.2) is 11.7 Å². The summed E-state index contributed by atoms with van der Waals surface area (Å²) in [4.78, 5) is 0. The van der Waals surface area contributed by atoms with E-state index in [-0.39, 0.29) is 12.1 Å². The molecule has 0 spiro atoms. The molecule has 1 aromatic carbocycles. The Morgan fingerprint density at radius 2 is 2.06 bits per heavy atom. The lowest BCUT2D eigenvalue weighted by Gasteiger charge is -2.32. The molecule has 1 aromatic rings. The molecule has 0 saturated heterocycles. The van der Waals surface area contributed by atoms with Gasteiger partial charge in [0.25, 0.3) is 0 Å². The quantitative estimate of drug-likeness (QED) is 0.832. The Morgan fingerprint density at radius 3 is 2.56 bits per heavy atom. The van der Waals surface area contributed by atoms with E-state index in [4.69, 9.17) is 5.73 Å². The van der Waals surface area contributed by atoms with E-state index in [1.54, 1.807) is 6.92 Å². The average Bonchev–Trinajstić information content (AvgIpc) is 2.31. The minimum Gasteiger partial charge on any atom is -0.388 e. The average molecular weight is 229 g/mol. The Hall–Kier alpha value is -1.00. The van der Waals surface area contributed by atoms with Crippen LogP contribution in [0.25, 0.3) is 0 Å². The summed E-state index contributed by atoms with van der Waals surface area (Å²) in [7, 11) is 0. The number of rotatable bonds is 4. The fourth-order valence-electron chi connectivity index (χ4n) is 1.56. The number of aliphatic hydroxyl groups is 1. The molecule has 0 aliphatic heterocycles. The lowest BCUT2D eigenvalue weighted by Crippen LogP contribution is -2.33. The van der Waals surface area contributed by atoms with E-state index in [9.17, 15) is 13.9 Å². The van der Waals surface area contributed by atoms with Crippen LogP contribution in [0.5, 0.6) is 0 Å².